The molecular weight excluding hydrogens is 372 g/mol. The number of carbonyl (C=O) groups is 1. The summed E-state index contributed by atoms with van der Waals surface area (Å²) in [4.78, 5) is 20.5. The second kappa shape index (κ2) is 8.52. The molecule has 1 atom stereocenters. The molecule has 1 saturated carbocycles. The van der Waals surface area contributed by atoms with Gasteiger partial charge in [-0.3, -0.25) is 4.79 Å². The largest absolute Gasteiger partial charge is 0.489 e. The summed E-state index contributed by atoms with van der Waals surface area (Å²) in [7, 11) is 0. The maximum Gasteiger partial charge on any atom is 0.254 e. The number of nitrogens with two attached hydrogens (primary N) is 1. The molecule has 9 nitrogen and oxygen atoms in total. The van der Waals surface area contributed by atoms with Gasteiger partial charge in [0.25, 0.3) is 5.91 Å². The number of hydrogen-bond acceptors (Lipinski definition) is 8. The van der Waals surface area contributed by atoms with Crippen LogP contribution in [-0.4, -0.2) is 46.3 Å². The Morgan fingerprint density at radius 2 is 2.10 bits per heavy atom. The molecule has 29 heavy (non-hydrogen) atoms. The smallest absolute Gasteiger partial charge is 0.254 e. The lowest BCUT2D eigenvalue weighted by Gasteiger charge is -2.24. The molecule has 2 heterocycles. The van der Waals surface area contributed by atoms with E-state index in [2.05, 4.69) is 25.9 Å². The molecule has 1 aromatic heterocycles. The zero-order valence-corrected chi connectivity index (χ0v) is 16.1. The highest BCUT2D eigenvalue weighted by Gasteiger charge is 2.19. The van der Waals surface area contributed by atoms with Crippen molar-refractivity contribution in [2.24, 2.45) is 5.73 Å². The van der Waals surface area contributed by atoms with Gasteiger partial charge in [0.1, 0.15) is 24.3 Å². The van der Waals surface area contributed by atoms with E-state index in [0.717, 1.165) is 24.2 Å². The fourth-order valence-corrected chi connectivity index (χ4v) is 3.65. The number of hydrogen-bond donors (Lipinski definition) is 5. The molecule has 9 heteroatoms. The van der Waals surface area contributed by atoms with E-state index in [1.165, 1.54) is 25.5 Å². The van der Waals surface area contributed by atoms with Gasteiger partial charge in [0.15, 0.2) is 0 Å². The average Bonchev–Trinajstić information content (AvgIpc) is 2.90. The highest BCUT2D eigenvalue weighted by atomic mass is 16.5. The quantitative estimate of drug-likeness (QED) is 0.518. The van der Waals surface area contributed by atoms with Crippen LogP contribution < -0.4 is 26.4 Å². The van der Waals surface area contributed by atoms with Crippen molar-refractivity contribution in [1.82, 2.24) is 9.97 Å². The number of amides is 1. The molecule has 2 aromatic rings. The summed E-state index contributed by atoms with van der Waals surface area (Å²) in [6.45, 7) is 0.663. The van der Waals surface area contributed by atoms with Gasteiger partial charge in [-0.1, -0.05) is 19.3 Å². The maximum atomic E-state index is 11.8. The topological polar surface area (TPSA) is 134 Å². The summed E-state index contributed by atoms with van der Waals surface area (Å²) in [6, 6.07) is 5.82. The molecule has 154 valence electrons. The van der Waals surface area contributed by atoms with E-state index < -0.39 is 12.0 Å². The van der Waals surface area contributed by atoms with Crippen molar-refractivity contribution >= 4 is 29.0 Å². The van der Waals surface area contributed by atoms with Crippen molar-refractivity contribution in [1.29, 1.82) is 0 Å². The van der Waals surface area contributed by atoms with Gasteiger partial charge >= 0.3 is 0 Å². The van der Waals surface area contributed by atoms with E-state index in [0.29, 0.717) is 24.1 Å². The van der Waals surface area contributed by atoms with Gasteiger partial charge < -0.3 is 31.5 Å². The van der Waals surface area contributed by atoms with Crippen molar-refractivity contribution in [2.75, 3.05) is 29.1 Å². The van der Waals surface area contributed by atoms with Gasteiger partial charge in [-0.05, 0) is 31.0 Å². The summed E-state index contributed by atoms with van der Waals surface area (Å²) in [6.07, 6.45) is 6.56. The van der Waals surface area contributed by atoms with Gasteiger partial charge in [0.2, 0.25) is 5.95 Å². The van der Waals surface area contributed by atoms with Crippen LogP contribution in [0.15, 0.2) is 24.4 Å². The summed E-state index contributed by atoms with van der Waals surface area (Å²) in [5, 5.41) is 19.4. The second-order valence-corrected chi connectivity index (χ2v) is 7.48. The average molecular weight is 398 g/mol. The fraction of sp³-hybridized carbons (Fsp3) is 0.450. The van der Waals surface area contributed by atoms with Crippen LogP contribution in [-0.2, 0) is 0 Å². The number of aromatic nitrogens is 2. The highest BCUT2D eigenvalue weighted by Crippen LogP contribution is 2.31. The number of nitrogens with one attached hydrogen (secondary N) is 3. The minimum absolute atomic E-state index is 0.251. The van der Waals surface area contributed by atoms with Crippen molar-refractivity contribution < 1.29 is 14.6 Å². The van der Waals surface area contributed by atoms with E-state index in [9.17, 15) is 9.90 Å². The van der Waals surface area contributed by atoms with E-state index in [-0.39, 0.29) is 18.2 Å². The number of aliphatic hydroxyl groups is 1. The third kappa shape index (κ3) is 4.68. The number of fused-ring (bicyclic) bond motifs is 1. The van der Waals surface area contributed by atoms with Gasteiger partial charge in [0, 0.05) is 24.5 Å². The number of nitrogens with zero attached hydrogens (tertiary/aromatic N) is 2. The Balaban J connectivity index is 1.54. The Bertz CT molecular complexity index is 885. The first-order valence-electron chi connectivity index (χ1n) is 9.97. The van der Waals surface area contributed by atoms with E-state index in [1.807, 2.05) is 18.2 Å². The summed E-state index contributed by atoms with van der Waals surface area (Å²) in [5.74, 6) is 0.945. The summed E-state index contributed by atoms with van der Waals surface area (Å²) < 4.78 is 5.58. The van der Waals surface area contributed by atoms with Crippen LogP contribution in [0.2, 0.25) is 0 Å². The first-order chi connectivity index (χ1) is 14.1. The molecule has 0 bridgehead atoms. The number of anilines is 4. The number of rotatable bonds is 5. The minimum atomic E-state index is -0.558. The molecule has 0 saturated heterocycles. The van der Waals surface area contributed by atoms with Crippen LogP contribution in [0, 0.1) is 0 Å². The third-order valence-electron chi connectivity index (χ3n) is 5.20. The predicted octanol–water partition coefficient (Wildman–Crippen LogP) is 2.23. The maximum absolute atomic E-state index is 11.8. The molecule has 1 aliphatic carbocycles. The summed E-state index contributed by atoms with van der Waals surface area (Å²) in [5.41, 5.74) is 7.32. The molecule has 1 aliphatic heterocycles. The lowest BCUT2D eigenvalue weighted by molar-refractivity contribution is 0.100. The number of β-amino-alcohol motifs (C(OH)–C–C–N with tert-alkyl or cyclic N) is 1. The molecule has 4 rings (SSSR count). The van der Waals surface area contributed by atoms with Gasteiger partial charge in [0.05, 0.1) is 11.3 Å². The van der Waals surface area contributed by atoms with Crippen molar-refractivity contribution in [2.45, 2.75) is 44.2 Å². The molecule has 0 unspecified atom stereocenters. The van der Waals surface area contributed by atoms with Gasteiger partial charge in [-0.25, -0.2) is 4.98 Å². The molecule has 1 fully saturated rings. The van der Waals surface area contributed by atoms with Crippen molar-refractivity contribution in [3.63, 3.8) is 0 Å². The first-order valence-corrected chi connectivity index (χ1v) is 9.97. The van der Waals surface area contributed by atoms with Crippen LogP contribution in [0.1, 0.15) is 42.5 Å². The van der Waals surface area contributed by atoms with E-state index in [4.69, 9.17) is 10.5 Å². The highest BCUT2D eigenvalue weighted by molar-refractivity contribution is 5.97. The number of primary amides is 1. The standard InChI is InChI=1S/C20H26N6O3/c21-18(28)15-10-23-20(26-19(15)24-12-4-2-1-3-5-12)25-13-6-7-17-16(8-13)22-9-14(27)11-29-17/h6-8,10,12,14,22,27H,1-5,9,11H2,(H2,21,28)(H2,23,24,25,26)/t14-/m0/s1. The minimum Gasteiger partial charge on any atom is -0.489 e. The van der Waals surface area contributed by atoms with Crippen molar-refractivity contribution in [3.05, 3.63) is 30.0 Å². The molecule has 0 spiro atoms. The second-order valence-electron chi connectivity index (χ2n) is 7.48. The number of ether oxygens (including phenoxy) is 1. The zero-order chi connectivity index (χ0) is 20.2. The first kappa shape index (κ1) is 19.3. The van der Waals surface area contributed by atoms with Crippen LogP contribution >= 0.6 is 0 Å². The Hall–Kier alpha value is -3.07. The number of benzene rings is 1. The lowest BCUT2D eigenvalue weighted by Crippen LogP contribution is -2.26. The van der Waals surface area contributed by atoms with Gasteiger partial charge in [-0.15, -0.1) is 0 Å². The molecule has 1 amide bonds. The Morgan fingerprint density at radius 1 is 1.28 bits per heavy atom. The molecular formula is C20H26N6O3. The van der Waals surface area contributed by atoms with E-state index in [1.54, 1.807) is 0 Å². The normalized spacial score (nSPS) is 19.3. The monoisotopic (exact) mass is 398 g/mol. The molecule has 1 aromatic carbocycles. The Labute approximate surface area is 169 Å². The van der Waals surface area contributed by atoms with Gasteiger partial charge in [-0.2, -0.15) is 4.98 Å². The Kier molecular flexibility index (Phi) is 5.66. The zero-order valence-electron chi connectivity index (χ0n) is 16.1. The Morgan fingerprint density at radius 3 is 2.90 bits per heavy atom. The van der Waals surface area contributed by atoms with Crippen LogP contribution in [0.4, 0.5) is 23.1 Å². The summed E-state index contributed by atoms with van der Waals surface area (Å²) >= 11 is 0. The van der Waals surface area contributed by atoms with Crippen LogP contribution in [0.25, 0.3) is 0 Å². The molecule has 2 aliphatic rings. The number of carbonyl (C=O) groups excluding carboxylic acids is 1. The van der Waals surface area contributed by atoms with Crippen LogP contribution in [0.3, 0.4) is 0 Å². The molecule has 0 radical (unpaired) electrons. The van der Waals surface area contributed by atoms with Crippen molar-refractivity contribution in [3.8, 4) is 5.75 Å². The molecule has 6 N–H and O–H groups in total. The van der Waals surface area contributed by atoms with Crippen LogP contribution in [0.5, 0.6) is 5.75 Å². The fourth-order valence-electron chi connectivity index (χ4n) is 3.65. The van der Waals surface area contributed by atoms with E-state index >= 15 is 0 Å². The third-order valence-corrected chi connectivity index (χ3v) is 5.20. The predicted molar refractivity (Wildman–Crippen MR) is 111 cm³/mol. The SMILES string of the molecule is NC(=O)c1cnc(Nc2ccc3c(c2)NC[C@H](O)CO3)nc1NC1CCCCC1. The lowest BCUT2D eigenvalue weighted by atomic mass is 9.95. The number of aliphatic hydroxyl groups excluding tert-OH is 1.